The van der Waals surface area contributed by atoms with Crippen molar-refractivity contribution in [2.45, 2.75) is 37.3 Å². The molecule has 0 spiro atoms. The molecular formula is C12H19N3O2S. The van der Waals surface area contributed by atoms with Crippen molar-refractivity contribution in [1.29, 1.82) is 0 Å². The maximum Gasteiger partial charge on any atom is 0.231 e. The van der Waals surface area contributed by atoms with Gasteiger partial charge < -0.3 is 14.6 Å². The van der Waals surface area contributed by atoms with Crippen LogP contribution < -0.4 is 5.32 Å². The van der Waals surface area contributed by atoms with E-state index in [1.165, 1.54) is 12.8 Å². The highest BCUT2D eigenvalue weighted by Gasteiger charge is 2.33. The summed E-state index contributed by atoms with van der Waals surface area (Å²) in [6, 6.07) is 0.472. The molecule has 1 aliphatic carbocycles. The molecule has 100 valence electrons. The predicted molar refractivity (Wildman–Crippen MR) is 69.8 cm³/mol. The Morgan fingerprint density at radius 1 is 1.39 bits per heavy atom. The molecule has 1 aromatic heterocycles. The van der Waals surface area contributed by atoms with Crippen molar-refractivity contribution < 1.29 is 9.26 Å². The fraction of sp³-hybridized carbons (Fsp3) is 0.833. The van der Waals surface area contributed by atoms with E-state index in [0.29, 0.717) is 12.0 Å². The first-order chi connectivity index (χ1) is 8.88. The van der Waals surface area contributed by atoms with Crippen LogP contribution in [0.1, 0.15) is 43.0 Å². The minimum absolute atomic E-state index is 0.00990. The Hall–Kier alpha value is -0.590. The zero-order valence-electron chi connectivity index (χ0n) is 10.6. The Morgan fingerprint density at radius 2 is 2.33 bits per heavy atom. The first-order valence-corrected chi connectivity index (χ1v) is 7.74. The summed E-state index contributed by atoms with van der Waals surface area (Å²) in [4.78, 5) is 4.56. The van der Waals surface area contributed by atoms with Crippen molar-refractivity contribution in [1.82, 2.24) is 15.5 Å². The Labute approximate surface area is 111 Å². The molecule has 3 atom stereocenters. The van der Waals surface area contributed by atoms with Crippen LogP contribution in [0.2, 0.25) is 0 Å². The number of aromatic nitrogens is 2. The number of nitrogens with one attached hydrogen (secondary N) is 1. The fourth-order valence-corrected chi connectivity index (χ4v) is 3.61. The van der Waals surface area contributed by atoms with Gasteiger partial charge in [-0.15, -0.1) is 0 Å². The maximum absolute atomic E-state index is 5.67. The van der Waals surface area contributed by atoms with Gasteiger partial charge in [-0.25, -0.2) is 0 Å². The highest BCUT2D eigenvalue weighted by atomic mass is 32.2. The SMILES string of the molecule is CNC1CCCC1c1nc(C2CSCCO2)no1. The molecule has 5 nitrogen and oxygen atoms in total. The van der Waals surface area contributed by atoms with Gasteiger partial charge in [0, 0.05) is 17.5 Å². The van der Waals surface area contributed by atoms with Gasteiger partial charge in [0.1, 0.15) is 6.10 Å². The number of hydrogen-bond donors (Lipinski definition) is 1. The molecule has 0 bridgehead atoms. The first-order valence-electron chi connectivity index (χ1n) is 6.58. The third-order valence-electron chi connectivity index (χ3n) is 3.77. The van der Waals surface area contributed by atoms with E-state index in [4.69, 9.17) is 9.26 Å². The Balaban J connectivity index is 1.72. The molecule has 18 heavy (non-hydrogen) atoms. The van der Waals surface area contributed by atoms with E-state index >= 15 is 0 Å². The molecule has 0 amide bonds. The molecule has 3 rings (SSSR count). The lowest BCUT2D eigenvalue weighted by Gasteiger charge is -2.18. The second-order valence-electron chi connectivity index (χ2n) is 4.86. The van der Waals surface area contributed by atoms with Gasteiger partial charge in [0.25, 0.3) is 0 Å². The second kappa shape index (κ2) is 5.59. The summed E-state index contributed by atoms with van der Waals surface area (Å²) in [6.07, 6.45) is 3.56. The lowest BCUT2D eigenvalue weighted by atomic mass is 10.0. The van der Waals surface area contributed by atoms with Gasteiger partial charge in [-0.05, 0) is 19.9 Å². The molecule has 1 aromatic rings. The van der Waals surface area contributed by atoms with E-state index in [0.717, 1.165) is 36.2 Å². The minimum atomic E-state index is 0.00990. The zero-order valence-corrected chi connectivity index (χ0v) is 11.4. The molecule has 6 heteroatoms. The molecule has 2 heterocycles. The zero-order chi connectivity index (χ0) is 12.4. The third-order valence-corrected chi connectivity index (χ3v) is 4.76. The fourth-order valence-electron chi connectivity index (χ4n) is 2.77. The topological polar surface area (TPSA) is 60.2 Å². The normalized spacial score (nSPS) is 32.8. The monoisotopic (exact) mass is 269 g/mol. The minimum Gasteiger partial charge on any atom is -0.368 e. The molecule has 0 aromatic carbocycles. The van der Waals surface area contributed by atoms with Gasteiger partial charge >= 0.3 is 0 Å². The van der Waals surface area contributed by atoms with Crippen molar-refractivity contribution >= 4 is 11.8 Å². The van der Waals surface area contributed by atoms with E-state index in [1.54, 1.807) is 0 Å². The quantitative estimate of drug-likeness (QED) is 0.901. The van der Waals surface area contributed by atoms with Crippen molar-refractivity contribution in [3.8, 4) is 0 Å². The van der Waals surface area contributed by atoms with E-state index in [1.807, 2.05) is 18.8 Å². The van der Waals surface area contributed by atoms with Crippen LogP contribution in [0.15, 0.2) is 4.52 Å². The molecule has 0 radical (unpaired) electrons. The Bertz CT molecular complexity index is 392. The molecule has 1 saturated carbocycles. The van der Waals surface area contributed by atoms with Gasteiger partial charge in [0.05, 0.1) is 12.5 Å². The van der Waals surface area contributed by atoms with E-state index in [2.05, 4.69) is 15.5 Å². The number of likely N-dealkylation sites (N-methyl/N-ethyl adjacent to an activating group) is 1. The highest BCUT2D eigenvalue weighted by Crippen LogP contribution is 2.34. The number of thioether (sulfide) groups is 1. The number of ether oxygens (including phenoxy) is 1. The Kier molecular flexibility index (Phi) is 3.86. The lowest BCUT2D eigenvalue weighted by molar-refractivity contribution is 0.0677. The van der Waals surface area contributed by atoms with Gasteiger partial charge in [0.2, 0.25) is 11.7 Å². The molecule has 1 saturated heterocycles. The first kappa shape index (κ1) is 12.4. The Morgan fingerprint density at radius 3 is 3.11 bits per heavy atom. The van der Waals surface area contributed by atoms with Crippen LogP contribution in [0.5, 0.6) is 0 Å². The summed E-state index contributed by atoms with van der Waals surface area (Å²) in [6.45, 7) is 0.780. The van der Waals surface area contributed by atoms with E-state index < -0.39 is 0 Å². The third kappa shape index (κ3) is 2.41. The van der Waals surface area contributed by atoms with E-state index in [-0.39, 0.29) is 6.10 Å². The van der Waals surface area contributed by atoms with Crippen LogP contribution in [0.4, 0.5) is 0 Å². The van der Waals surface area contributed by atoms with Gasteiger partial charge in [-0.1, -0.05) is 11.6 Å². The molecule has 2 fully saturated rings. The van der Waals surface area contributed by atoms with Crippen LogP contribution in [0.3, 0.4) is 0 Å². The molecule has 3 unspecified atom stereocenters. The highest BCUT2D eigenvalue weighted by molar-refractivity contribution is 7.99. The van der Waals surface area contributed by atoms with Crippen LogP contribution in [0.25, 0.3) is 0 Å². The summed E-state index contributed by atoms with van der Waals surface area (Å²) in [5.41, 5.74) is 0. The number of nitrogens with zero attached hydrogens (tertiary/aromatic N) is 2. The van der Waals surface area contributed by atoms with Crippen LogP contribution >= 0.6 is 11.8 Å². The summed E-state index contributed by atoms with van der Waals surface area (Å²) in [7, 11) is 2.00. The van der Waals surface area contributed by atoms with Gasteiger partial charge in [0.15, 0.2) is 0 Å². The molecule has 1 aliphatic heterocycles. The number of rotatable bonds is 3. The average molecular weight is 269 g/mol. The summed E-state index contributed by atoms with van der Waals surface area (Å²) in [5, 5.41) is 7.44. The largest absolute Gasteiger partial charge is 0.368 e. The maximum atomic E-state index is 5.67. The second-order valence-corrected chi connectivity index (χ2v) is 6.01. The van der Waals surface area contributed by atoms with Crippen molar-refractivity contribution in [3.05, 3.63) is 11.7 Å². The molecule has 2 aliphatic rings. The van der Waals surface area contributed by atoms with Crippen LogP contribution in [0, 0.1) is 0 Å². The van der Waals surface area contributed by atoms with Gasteiger partial charge in [-0.3, -0.25) is 0 Å². The van der Waals surface area contributed by atoms with Crippen LogP contribution in [-0.2, 0) is 4.74 Å². The summed E-state index contributed by atoms with van der Waals surface area (Å²) >= 11 is 1.89. The standard InChI is InChI=1S/C12H19N3O2S/c1-13-9-4-2-3-8(9)12-14-11(15-17-12)10-7-18-6-5-16-10/h8-10,13H,2-7H2,1H3. The average Bonchev–Trinajstić information content (AvgIpc) is 3.08. The van der Waals surface area contributed by atoms with Crippen molar-refractivity contribution in [2.24, 2.45) is 0 Å². The van der Waals surface area contributed by atoms with Crippen LogP contribution in [-0.4, -0.2) is 41.3 Å². The predicted octanol–water partition coefficient (Wildman–Crippen LogP) is 1.73. The summed E-state index contributed by atoms with van der Waals surface area (Å²) < 4.78 is 11.1. The van der Waals surface area contributed by atoms with Crippen molar-refractivity contribution in [2.75, 3.05) is 25.2 Å². The smallest absolute Gasteiger partial charge is 0.231 e. The lowest BCUT2D eigenvalue weighted by Crippen LogP contribution is -2.27. The van der Waals surface area contributed by atoms with E-state index in [9.17, 15) is 0 Å². The van der Waals surface area contributed by atoms with Gasteiger partial charge in [-0.2, -0.15) is 16.7 Å². The number of hydrogen-bond acceptors (Lipinski definition) is 6. The molecular weight excluding hydrogens is 250 g/mol. The molecule has 1 N–H and O–H groups in total. The summed E-state index contributed by atoms with van der Waals surface area (Å²) in [5.74, 6) is 3.86. The van der Waals surface area contributed by atoms with Crippen molar-refractivity contribution in [3.63, 3.8) is 0 Å².